The van der Waals surface area contributed by atoms with Crippen molar-refractivity contribution in [2.45, 2.75) is 38.8 Å². The van der Waals surface area contributed by atoms with Gasteiger partial charge >= 0.3 is 5.97 Å². The number of rotatable bonds is 8. The molecule has 2 aromatic rings. The van der Waals surface area contributed by atoms with Crippen molar-refractivity contribution >= 4 is 29.2 Å². The second-order valence-corrected chi connectivity index (χ2v) is 7.70. The maximum atomic E-state index is 11.9. The number of carboxylic acid groups (broad SMARTS) is 1. The minimum Gasteiger partial charge on any atom is -0.490 e. The molecular formula is C22H25Cl2NO4. The summed E-state index contributed by atoms with van der Waals surface area (Å²) in [5.41, 5.74) is 1.81. The molecule has 2 atom stereocenters. The SMILES string of the molecule is CCOc1ccc(C(c2ccc(Cl)c(Cl)c2)N2CCCC2C(=O)O)cc1OCC. The van der Waals surface area contributed by atoms with Gasteiger partial charge < -0.3 is 14.6 Å². The van der Waals surface area contributed by atoms with Crippen molar-refractivity contribution in [3.05, 3.63) is 57.6 Å². The number of aliphatic carboxylic acids is 1. The molecule has 29 heavy (non-hydrogen) atoms. The molecule has 0 saturated carbocycles. The first kappa shape index (κ1) is 21.8. The normalized spacial score (nSPS) is 17.9. The van der Waals surface area contributed by atoms with Gasteiger partial charge in [0.1, 0.15) is 6.04 Å². The molecule has 1 aliphatic heterocycles. The van der Waals surface area contributed by atoms with E-state index in [0.29, 0.717) is 47.7 Å². The van der Waals surface area contributed by atoms with Crippen molar-refractivity contribution in [2.24, 2.45) is 0 Å². The summed E-state index contributed by atoms with van der Waals surface area (Å²) >= 11 is 12.4. The maximum Gasteiger partial charge on any atom is 0.320 e. The quantitative estimate of drug-likeness (QED) is 0.596. The van der Waals surface area contributed by atoms with Crippen molar-refractivity contribution in [1.29, 1.82) is 0 Å². The Kier molecular flexibility index (Phi) is 7.28. The number of carboxylic acids is 1. The van der Waals surface area contributed by atoms with Gasteiger partial charge in [0.25, 0.3) is 0 Å². The fraction of sp³-hybridized carbons (Fsp3) is 0.409. The van der Waals surface area contributed by atoms with Crippen LogP contribution in [0.1, 0.15) is 43.9 Å². The third-order valence-electron chi connectivity index (χ3n) is 5.05. The lowest BCUT2D eigenvalue weighted by Crippen LogP contribution is -2.39. The van der Waals surface area contributed by atoms with Crippen LogP contribution in [0.25, 0.3) is 0 Å². The van der Waals surface area contributed by atoms with Gasteiger partial charge in [-0.25, -0.2) is 0 Å². The molecule has 5 nitrogen and oxygen atoms in total. The lowest BCUT2D eigenvalue weighted by Gasteiger charge is -2.32. The highest BCUT2D eigenvalue weighted by Crippen LogP contribution is 2.40. The van der Waals surface area contributed by atoms with Gasteiger partial charge in [0, 0.05) is 6.54 Å². The van der Waals surface area contributed by atoms with Crippen LogP contribution in [0, 0.1) is 0 Å². The number of hydrogen-bond acceptors (Lipinski definition) is 4. The molecule has 1 heterocycles. The van der Waals surface area contributed by atoms with E-state index in [1.54, 1.807) is 6.07 Å². The Bertz CT molecular complexity index is 874. The van der Waals surface area contributed by atoms with Crippen LogP contribution in [0.15, 0.2) is 36.4 Å². The highest BCUT2D eigenvalue weighted by Gasteiger charge is 2.37. The number of likely N-dealkylation sites (tertiary alicyclic amines) is 1. The average Bonchev–Trinajstić information content (AvgIpc) is 3.17. The molecule has 1 fully saturated rings. The molecule has 1 aliphatic rings. The number of hydrogen-bond donors (Lipinski definition) is 1. The van der Waals surface area contributed by atoms with Gasteiger partial charge in [-0.3, -0.25) is 9.69 Å². The van der Waals surface area contributed by atoms with E-state index in [9.17, 15) is 9.90 Å². The second kappa shape index (κ2) is 9.70. The molecule has 1 saturated heterocycles. The van der Waals surface area contributed by atoms with E-state index in [4.69, 9.17) is 32.7 Å². The summed E-state index contributed by atoms with van der Waals surface area (Å²) in [5, 5.41) is 10.7. The lowest BCUT2D eigenvalue weighted by molar-refractivity contribution is -0.142. The third-order valence-corrected chi connectivity index (χ3v) is 5.79. The molecule has 1 N–H and O–H groups in total. The molecule has 0 aliphatic carbocycles. The minimum absolute atomic E-state index is 0.289. The Morgan fingerprint density at radius 3 is 2.38 bits per heavy atom. The summed E-state index contributed by atoms with van der Waals surface area (Å²) in [4.78, 5) is 13.9. The zero-order chi connectivity index (χ0) is 21.0. The number of halogens is 2. The van der Waals surface area contributed by atoms with Crippen LogP contribution < -0.4 is 9.47 Å². The van der Waals surface area contributed by atoms with Crippen LogP contribution >= 0.6 is 23.2 Å². The zero-order valence-corrected chi connectivity index (χ0v) is 18.0. The Balaban J connectivity index is 2.11. The molecule has 0 spiro atoms. The Labute approximate surface area is 181 Å². The molecule has 156 valence electrons. The van der Waals surface area contributed by atoms with Gasteiger partial charge in [-0.2, -0.15) is 0 Å². The topological polar surface area (TPSA) is 59.0 Å². The van der Waals surface area contributed by atoms with E-state index < -0.39 is 12.0 Å². The van der Waals surface area contributed by atoms with Gasteiger partial charge in [0.05, 0.1) is 29.3 Å². The first-order valence-corrected chi connectivity index (χ1v) is 10.5. The lowest BCUT2D eigenvalue weighted by atomic mass is 9.95. The molecular weight excluding hydrogens is 413 g/mol. The molecule has 0 bridgehead atoms. The van der Waals surface area contributed by atoms with Crippen molar-refractivity contribution in [3.63, 3.8) is 0 Å². The summed E-state index contributed by atoms with van der Waals surface area (Å²) in [6.07, 6.45) is 1.44. The first-order valence-electron chi connectivity index (χ1n) is 9.79. The summed E-state index contributed by atoms with van der Waals surface area (Å²) in [7, 11) is 0. The molecule has 2 unspecified atom stereocenters. The predicted octanol–water partition coefficient (Wildman–Crippen LogP) is 5.43. The van der Waals surface area contributed by atoms with Crippen molar-refractivity contribution in [3.8, 4) is 11.5 Å². The van der Waals surface area contributed by atoms with E-state index in [2.05, 4.69) is 0 Å². The van der Waals surface area contributed by atoms with Crippen molar-refractivity contribution in [1.82, 2.24) is 4.90 Å². The van der Waals surface area contributed by atoms with Gasteiger partial charge in [0.2, 0.25) is 0 Å². The highest BCUT2D eigenvalue weighted by molar-refractivity contribution is 6.42. The monoisotopic (exact) mass is 437 g/mol. The number of carbonyl (C=O) groups is 1. The zero-order valence-electron chi connectivity index (χ0n) is 16.5. The number of nitrogens with zero attached hydrogens (tertiary/aromatic N) is 1. The Morgan fingerprint density at radius 2 is 1.72 bits per heavy atom. The van der Waals surface area contributed by atoms with Crippen LogP contribution in [0.3, 0.4) is 0 Å². The van der Waals surface area contributed by atoms with Gasteiger partial charge in [0.15, 0.2) is 11.5 Å². The fourth-order valence-corrected chi connectivity index (χ4v) is 4.17. The van der Waals surface area contributed by atoms with E-state index in [-0.39, 0.29) is 6.04 Å². The predicted molar refractivity (Wildman–Crippen MR) is 114 cm³/mol. The summed E-state index contributed by atoms with van der Waals surface area (Å²) < 4.78 is 11.5. The second-order valence-electron chi connectivity index (χ2n) is 6.88. The molecule has 0 aromatic heterocycles. The van der Waals surface area contributed by atoms with E-state index in [1.807, 2.05) is 49.1 Å². The average molecular weight is 438 g/mol. The Morgan fingerprint density at radius 1 is 1.07 bits per heavy atom. The van der Waals surface area contributed by atoms with Crippen LogP contribution in [0.5, 0.6) is 11.5 Å². The van der Waals surface area contributed by atoms with Crippen molar-refractivity contribution < 1.29 is 19.4 Å². The summed E-state index contributed by atoms with van der Waals surface area (Å²) in [6, 6.07) is 10.4. The van der Waals surface area contributed by atoms with Crippen LogP contribution in [-0.2, 0) is 4.79 Å². The third kappa shape index (κ3) is 4.80. The Hall–Kier alpha value is -1.95. The number of benzene rings is 2. The molecule has 7 heteroatoms. The molecule has 0 radical (unpaired) electrons. The smallest absolute Gasteiger partial charge is 0.320 e. The molecule has 3 rings (SSSR count). The summed E-state index contributed by atoms with van der Waals surface area (Å²) in [5.74, 6) is 0.494. The maximum absolute atomic E-state index is 11.9. The number of ether oxygens (including phenoxy) is 2. The fourth-order valence-electron chi connectivity index (χ4n) is 3.86. The van der Waals surface area contributed by atoms with Crippen LogP contribution in [-0.4, -0.2) is 41.8 Å². The standard InChI is InChI=1S/C22H25Cl2NO4/c1-3-28-19-10-8-15(13-20(19)29-4-2)21(14-7-9-16(23)17(24)12-14)25-11-5-6-18(25)22(26)27/h7-10,12-13,18,21H,3-6,11H2,1-2H3,(H,26,27). The highest BCUT2D eigenvalue weighted by atomic mass is 35.5. The summed E-state index contributed by atoms with van der Waals surface area (Å²) in [6.45, 7) is 5.55. The first-order chi connectivity index (χ1) is 14.0. The molecule has 2 aromatic carbocycles. The largest absolute Gasteiger partial charge is 0.490 e. The van der Waals surface area contributed by atoms with E-state index in [0.717, 1.165) is 17.5 Å². The van der Waals surface area contributed by atoms with E-state index >= 15 is 0 Å². The van der Waals surface area contributed by atoms with Gasteiger partial charge in [-0.15, -0.1) is 0 Å². The van der Waals surface area contributed by atoms with E-state index in [1.165, 1.54) is 0 Å². The van der Waals surface area contributed by atoms with Crippen LogP contribution in [0.2, 0.25) is 10.0 Å². The van der Waals surface area contributed by atoms with Gasteiger partial charge in [-0.05, 0) is 62.1 Å². The van der Waals surface area contributed by atoms with Crippen LogP contribution in [0.4, 0.5) is 0 Å². The molecule has 0 amide bonds. The minimum atomic E-state index is -0.816. The van der Waals surface area contributed by atoms with Crippen molar-refractivity contribution in [2.75, 3.05) is 19.8 Å². The van der Waals surface area contributed by atoms with Gasteiger partial charge in [-0.1, -0.05) is 35.3 Å².